The number of benzene rings is 1. The van der Waals surface area contributed by atoms with Crippen LogP contribution in [0.1, 0.15) is 44.7 Å². The van der Waals surface area contributed by atoms with Crippen molar-refractivity contribution in [2.24, 2.45) is 5.73 Å². The lowest BCUT2D eigenvalue weighted by Gasteiger charge is -2.22. The van der Waals surface area contributed by atoms with Gasteiger partial charge in [0, 0.05) is 12.8 Å². The van der Waals surface area contributed by atoms with Crippen LogP contribution in [0.5, 0.6) is 5.75 Å². The Kier molecular flexibility index (Phi) is 7.14. The summed E-state index contributed by atoms with van der Waals surface area (Å²) in [4.78, 5) is 34.0. The molecular weight excluding hydrogens is 340 g/mol. The molecule has 1 aromatic carbocycles. The summed E-state index contributed by atoms with van der Waals surface area (Å²) < 4.78 is 0. The van der Waals surface area contributed by atoms with Crippen LogP contribution < -0.4 is 11.1 Å². The first-order chi connectivity index (χ1) is 11.9. The van der Waals surface area contributed by atoms with Gasteiger partial charge in [0.25, 0.3) is 0 Å². The maximum atomic E-state index is 12.0. The predicted molar refractivity (Wildman–Crippen MR) is 94.9 cm³/mol. The maximum Gasteiger partial charge on any atom is 0.326 e. The number of aliphatic carboxylic acids is 2. The molecule has 1 aromatic rings. The zero-order valence-corrected chi connectivity index (χ0v) is 15.2. The number of carboxylic acid groups (broad SMARTS) is 2. The number of carbonyl (C=O) groups is 3. The maximum absolute atomic E-state index is 12.0. The van der Waals surface area contributed by atoms with Crippen molar-refractivity contribution in [3.05, 3.63) is 29.3 Å². The SMILES string of the molecule is CC(C)(C)c1cc(C[C@H](NC(=O)[C@@H](N)CCC(=O)O)C(=O)O)ccc1O. The highest BCUT2D eigenvalue weighted by atomic mass is 16.4. The fraction of sp³-hybridized carbons (Fsp3) is 0.500. The van der Waals surface area contributed by atoms with Crippen molar-refractivity contribution in [3.8, 4) is 5.75 Å². The third kappa shape index (κ3) is 6.36. The number of amides is 1. The molecule has 0 bridgehead atoms. The van der Waals surface area contributed by atoms with Crippen LogP contribution in [0.4, 0.5) is 0 Å². The van der Waals surface area contributed by atoms with E-state index in [0.29, 0.717) is 11.1 Å². The van der Waals surface area contributed by atoms with E-state index in [1.165, 1.54) is 6.07 Å². The topological polar surface area (TPSA) is 150 Å². The Morgan fingerprint density at radius 2 is 1.81 bits per heavy atom. The molecule has 0 radical (unpaired) electrons. The van der Waals surface area contributed by atoms with Gasteiger partial charge in [-0.3, -0.25) is 9.59 Å². The highest BCUT2D eigenvalue weighted by Crippen LogP contribution is 2.31. The third-order valence-electron chi connectivity index (χ3n) is 3.93. The highest BCUT2D eigenvalue weighted by Gasteiger charge is 2.25. The minimum atomic E-state index is -1.23. The quantitative estimate of drug-likeness (QED) is 0.460. The molecule has 0 heterocycles. The van der Waals surface area contributed by atoms with E-state index in [4.69, 9.17) is 10.8 Å². The summed E-state index contributed by atoms with van der Waals surface area (Å²) in [7, 11) is 0. The second-order valence-corrected chi connectivity index (χ2v) is 7.24. The molecule has 0 unspecified atom stereocenters. The molecule has 0 aliphatic heterocycles. The zero-order chi connectivity index (χ0) is 20.1. The Morgan fingerprint density at radius 3 is 2.31 bits per heavy atom. The van der Waals surface area contributed by atoms with Gasteiger partial charge in [-0.15, -0.1) is 0 Å². The molecule has 0 spiro atoms. The van der Waals surface area contributed by atoms with Gasteiger partial charge in [-0.1, -0.05) is 32.9 Å². The molecule has 2 atom stereocenters. The van der Waals surface area contributed by atoms with Gasteiger partial charge >= 0.3 is 11.9 Å². The average Bonchev–Trinajstić information content (AvgIpc) is 2.52. The minimum Gasteiger partial charge on any atom is -0.508 e. The fourth-order valence-corrected chi connectivity index (χ4v) is 2.44. The molecule has 1 amide bonds. The molecule has 0 aliphatic rings. The Labute approximate surface area is 152 Å². The smallest absolute Gasteiger partial charge is 0.326 e. The molecule has 0 aliphatic carbocycles. The summed E-state index contributed by atoms with van der Waals surface area (Å²) in [5.41, 5.74) is 6.58. The fourth-order valence-electron chi connectivity index (χ4n) is 2.44. The van der Waals surface area contributed by atoms with Crippen LogP contribution in [0.15, 0.2) is 18.2 Å². The van der Waals surface area contributed by atoms with Crippen LogP contribution in [0.3, 0.4) is 0 Å². The van der Waals surface area contributed by atoms with Gasteiger partial charge in [0.15, 0.2) is 0 Å². The summed E-state index contributed by atoms with van der Waals surface area (Å²) >= 11 is 0. The Morgan fingerprint density at radius 1 is 1.19 bits per heavy atom. The summed E-state index contributed by atoms with van der Waals surface area (Å²) in [5.74, 6) is -2.91. The van der Waals surface area contributed by atoms with Crippen LogP contribution in [0.2, 0.25) is 0 Å². The monoisotopic (exact) mass is 366 g/mol. The lowest BCUT2D eigenvalue weighted by atomic mass is 9.85. The van der Waals surface area contributed by atoms with Crippen molar-refractivity contribution in [2.45, 2.75) is 57.5 Å². The van der Waals surface area contributed by atoms with Crippen molar-refractivity contribution in [1.29, 1.82) is 0 Å². The number of hydrogen-bond donors (Lipinski definition) is 5. The largest absolute Gasteiger partial charge is 0.508 e. The van der Waals surface area contributed by atoms with E-state index in [2.05, 4.69) is 5.32 Å². The van der Waals surface area contributed by atoms with E-state index in [1.54, 1.807) is 12.1 Å². The van der Waals surface area contributed by atoms with E-state index >= 15 is 0 Å². The van der Waals surface area contributed by atoms with Crippen LogP contribution in [0, 0.1) is 0 Å². The molecule has 0 saturated carbocycles. The lowest BCUT2D eigenvalue weighted by Crippen LogP contribution is -2.49. The third-order valence-corrected chi connectivity index (χ3v) is 3.93. The Balaban J connectivity index is 2.88. The molecule has 8 nitrogen and oxygen atoms in total. The van der Waals surface area contributed by atoms with Gasteiger partial charge in [-0.05, 0) is 29.0 Å². The first-order valence-electron chi connectivity index (χ1n) is 8.24. The second-order valence-electron chi connectivity index (χ2n) is 7.24. The van der Waals surface area contributed by atoms with Crippen LogP contribution in [-0.2, 0) is 26.2 Å². The molecule has 0 fully saturated rings. The number of carbonyl (C=O) groups excluding carboxylic acids is 1. The molecule has 26 heavy (non-hydrogen) atoms. The first kappa shape index (κ1) is 21.4. The molecular formula is C18H26N2O6. The van der Waals surface area contributed by atoms with Crippen molar-refractivity contribution in [1.82, 2.24) is 5.32 Å². The normalized spacial score (nSPS) is 13.7. The van der Waals surface area contributed by atoms with Gasteiger partial charge in [0.1, 0.15) is 11.8 Å². The van der Waals surface area contributed by atoms with Crippen LogP contribution >= 0.6 is 0 Å². The first-order valence-corrected chi connectivity index (χ1v) is 8.24. The number of phenolic OH excluding ortho intramolecular Hbond substituents is 1. The van der Waals surface area contributed by atoms with Crippen molar-refractivity contribution in [3.63, 3.8) is 0 Å². The molecule has 1 rings (SSSR count). The van der Waals surface area contributed by atoms with E-state index in [9.17, 15) is 24.6 Å². The molecule has 0 saturated heterocycles. The van der Waals surface area contributed by atoms with E-state index in [0.717, 1.165) is 0 Å². The van der Waals surface area contributed by atoms with Crippen LogP contribution in [-0.4, -0.2) is 45.2 Å². The predicted octanol–water partition coefficient (Wildman–Crippen LogP) is 0.994. The summed E-state index contributed by atoms with van der Waals surface area (Å²) in [6.45, 7) is 5.76. The van der Waals surface area contributed by atoms with Gasteiger partial charge < -0.3 is 26.4 Å². The van der Waals surface area contributed by atoms with E-state index in [1.807, 2.05) is 20.8 Å². The summed E-state index contributed by atoms with van der Waals surface area (Å²) in [5, 5.41) is 30.3. The van der Waals surface area contributed by atoms with Crippen LogP contribution in [0.25, 0.3) is 0 Å². The molecule has 6 N–H and O–H groups in total. The van der Waals surface area contributed by atoms with Gasteiger partial charge in [-0.2, -0.15) is 0 Å². The van der Waals surface area contributed by atoms with Gasteiger partial charge in [-0.25, -0.2) is 4.79 Å². The molecule has 144 valence electrons. The summed E-state index contributed by atoms with van der Waals surface area (Å²) in [6.07, 6.45) is -0.351. The van der Waals surface area contributed by atoms with Crippen molar-refractivity contribution >= 4 is 17.8 Å². The number of rotatable bonds is 8. The van der Waals surface area contributed by atoms with Crippen molar-refractivity contribution in [2.75, 3.05) is 0 Å². The highest BCUT2D eigenvalue weighted by molar-refractivity contribution is 5.87. The Bertz CT molecular complexity index is 681. The van der Waals surface area contributed by atoms with Crippen molar-refractivity contribution < 1.29 is 29.7 Å². The molecule has 0 aromatic heterocycles. The van der Waals surface area contributed by atoms with Gasteiger partial charge in [0.05, 0.1) is 6.04 Å². The average molecular weight is 366 g/mol. The number of nitrogens with one attached hydrogen (secondary N) is 1. The number of phenols is 1. The number of nitrogens with two attached hydrogens (primary N) is 1. The number of aromatic hydroxyl groups is 1. The number of hydrogen-bond acceptors (Lipinski definition) is 5. The molecule has 8 heteroatoms. The second kappa shape index (κ2) is 8.66. The van der Waals surface area contributed by atoms with Gasteiger partial charge in [0.2, 0.25) is 5.91 Å². The van der Waals surface area contributed by atoms with E-state index in [-0.39, 0.29) is 30.4 Å². The minimum absolute atomic E-state index is 0.0100. The Hall–Kier alpha value is -2.61. The lowest BCUT2D eigenvalue weighted by molar-refractivity contribution is -0.142. The van der Waals surface area contributed by atoms with E-state index < -0.39 is 29.9 Å². The zero-order valence-electron chi connectivity index (χ0n) is 15.2. The summed E-state index contributed by atoms with van der Waals surface area (Å²) in [6, 6.07) is 2.49. The standard InChI is InChI=1S/C18H26N2O6/c1-18(2,3)11-8-10(4-6-14(11)21)9-13(17(25)26)20-16(24)12(19)5-7-15(22)23/h4,6,8,12-13,21H,5,7,9,19H2,1-3H3,(H,20,24)(H,22,23)(H,25,26)/t12-,13-/m0/s1. The number of carboxylic acids is 2.